The van der Waals surface area contributed by atoms with Gasteiger partial charge in [-0.25, -0.2) is 0 Å². The summed E-state index contributed by atoms with van der Waals surface area (Å²) < 4.78 is 0. The molecule has 1 rings (SSSR count). The monoisotopic (exact) mass is 142 g/mol. The average molecular weight is 142 g/mol. The minimum atomic E-state index is 0.360. The van der Waals surface area contributed by atoms with Crippen molar-refractivity contribution < 1.29 is 0 Å². The molecule has 3 N–H and O–H groups in total. The molecule has 0 saturated heterocycles. The molecule has 1 aliphatic rings. The van der Waals surface area contributed by atoms with Gasteiger partial charge in [0.15, 0.2) is 0 Å². The lowest BCUT2D eigenvalue weighted by molar-refractivity contribution is 0.547. The Hall–Kier alpha value is -0.0800. The van der Waals surface area contributed by atoms with Gasteiger partial charge in [0.25, 0.3) is 0 Å². The smallest absolute Gasteiger partial charge is 0.0162 e. The van der Waals surface area contributed by atoms with E-state index in [1.807, 2.05) is 0 Å². The van der Waals surface area contributed by atoms with E-state index >= 15 is 0 Å². The third-order valence-corrected chi connectivity index (χ3v) is 2.06. The van der Waals surface area contributed by atoms with Crippen LogP contribution in [0.4, 0.5) is 0 Å². The van der Waals surface area contributed by atoms with Crippen LogP contribution in [-0.2, 0) is 0 Å². The number of nitrogens with two attached hydrogens (primary N) is 1. The van der Waals surface area contributed by atoms with Gasteiger partial charge in [0.2, 0.25) is 0 Å². The summed E-state index contributed by atoms with van der Waals surface area (Å²) in [6, 6.07) is 0.360. The van der Waals surface area contributed by atoms with E-state index in [2.05, 4.69) is 12.2 Å². The van der Waals surface area contributed by atoms with Gasteiger partial charge in [-0.15, -0.1) is 0 Å². The van der Waals surface area contributed by atoms with Crippen molar-refractivity contribution in [2.75, 3.05) is 13.1 Å². The largest absolute Gasteiger partial charge is 0.327 e. The van der Waals surface area contributed by atoms with E-state index in [0.717, 1.165) is 18.9 Å². The summed E-state index contributed by atoms with van der Waals surface area (Å²) in [6.45, 7) is 4.31. The van der Waals surface area contributed by atoms with Crippen molar-refractivity contribution in [3.63, 3.8) is 0 Å². The van der Waals surface area contributed by atoms with Crippen LogP contribution in [0.3, 0.4) is 0 Å². The molecule has 0 aromatic heterocycles. The van der Waals surface area contributed by atoms with Crippen LogP contribution in [0.15, 0.2) is 0 Å². The molecule has 60 valence electrons. The summed E-state index contributed by atoms with van der Waals surface area (Å²) >= 11 is 0. The molecular weight excluding hydrogens is 124 g/mol. The third-order valence-electron chi connectivity index (χ3n) is 2.06. The molecule has 10 heavy (non-hydrogen) atoms. The Kier molecular flexibility index (Phi) is 3.16. The average Bonchev–Trinajstić information content (AvgIpc) is 2.71. The number of rotatable bonds is 5. The van der Waals surface area contributed by atoms with Crippen molar-refractivity contribution in [3.05, 3.63) is 0 Å². The molecule has 0 radical (unpaired) electrons. The molecule has 1 fully saturated rings. The van der Waals surface area contributed by atoms with Crippen molar-refractivity contribution in [1.29, 1.82) is 0 Å². The van der Waals surface area contributed by atoms with Gasteiger partial charge in [0, 0.05) is 12.6 Å². The second kappa shape index (κ2) is 3.94. The second-order valence-electron chi connectivity index (χ2n) is 3.27. The van der Waals surface area contributed by atoms with Crippen LogP contribution < -0.4 is 11.1 Å². The van der Waals surface area contributed by atoms with Crippen molar-refractivity contribution in [1.82, 2.24) is 5.32 Å². The molecule has 2 heteroatoms. The van der Waals surface area contributed by atoms with Crippen molar-refractivity contribution >= 4 is 0 Å². The first-order valence-corrected chi connectivity index (χ1v) is 4.29. The van der Waals surface area contributed by atoms with E-state index in [4.69, 9.17) is 5.73 Å². The maximum Gasteiger partial charge on any atom is 0.0162 e. The predicted octanol–water partition coefficient (Wildman–Crippen LogP) is 0.723. The molecule has 0 amide bonds. The van der Waals surface area contributed by atoms with Crippen LogP contribution in [-0.4, -0.2) is 19.1 Å². The van der Waals surface area contributed by atoms with Crippen LogP contribution in [0.5, 0.6) is 0 Å². The van der Waals surface area contributed by atoms with Crippen LogP contribution in [0.25, 0.3) is 0 Å². The van der Waals surface area contributed by atoms with Crippen LogP contribution in [0.1, 0.15) is 26.2 Å². The molecular formula is C8H18N2. The topological polar surface area (TPSA) is 38.0 Å². The minimum absolute atomic E-state index is 0.360. The zero-order valence-corrected chi connectivity index (χ0v) is 6.77. The van der Waals surface area contributed by atoms with Gasteiger partial charge in [0.1, 0.15) is 0 Å². The quantitative estimate of drug-likeness (QED) is 0.593. The van der Waals surface area contributed by atoms with E-state index in [1.54, 1.807) is 0 Å². The van der Waals surface area contributed by atoms with E-state index in [0.29, 0.717) is 6.04 Å². The Morgan fingerprint density at radius 1 is 1.60 bits per heavy atom. The Balaban J connectivity index is 1.83. The van der Waals surface area contributed by atoms with Gasteiger partial charge in [-0.05, 0) is 31.7 Å². The Labute approximate surface area is 63.2 Å². The van der Waals surface area contributed by atoms with E-state index in [9.17, 15) is 0 Å². The highest BCUT2D eigenvalue weighted by molar-refractivity contribution is 4.76. The van der Waals surface area contributed by atoms with Gasteiger partial charge in [-0.3, -0.25) is 0 Å². The van der Waals surface area contributed by atoms with Gasteiger partial charge in [0.05, 0.1) is 0 Å². The van der Waals surface area contributed by atoms with E-state index < -0.39 is 0 Å². The highest BCUT2D eigenvalue weighted by atomic mass is 14.9. The van der Waals surface area contributed by atoms with Gasteiger partial charge in [-0.2, -0.15) is 0 Å². The summed E-state index contributed by atoms with van der Waals surface area (Å²) in [5, 5.41) is 3.37. The maximum absolute atomic E-state index is 5.72. The molecule has 0 spiro atoms. The summed E-state index contributed by atoms with van der Waals surface area (Å²) in [5.41, 5.74) is 5.72. The van der Waals surface area contributed by atoms with E-state index in [1.165, 1.54) is 19.4 Å². The van der Waals surface area contributed by atoms with Crippen molar-refractivity contribution in [2.24, 2.45) is 11.7 Å². The third kappa shape index (κ3) is 3.18. The lowest BCUT2D eigenvalue weighted by Gasteiger charge is -2.08. The zero-order chi connectivity index (χ0) is 7.40. The Morgan fingerprint density at radius 3 is 2.80 bits per heavy atom. The highest BCUT2D eigenvalue weighted by Crippen LogP contribution is 2.27. The summed E-state index contributed by atoms with van der Waals surface area (Å²) in [7, 11) is 0. The maximum atomic E-state index is 5.72. The summed E-state index contributed by atoms with van der Waals surface area (Å²) in [4.78, 5) is 0. The van der Waals surface area contributed by atoms with E-state index in [-0.39, 0.29) is 0 Å². The first-order valence-electron chi connectivity index (χ1n) is 4.29. The molecule has 0 aliphatic heterocycles. The Bertz CT molecular complexity index is 89.3. The molecule has 1 atom stereocenters. The lowest BCUT2D eigenvalue weighted by Crippen LogP contribution is -2.34. The number of nitrogens with one attached hydrogen (secondary N) is 1. The summed E-state index contributed by atoms with van der Waals surface area (Å²) in [6.07, 6.45) is 3.93. The molecule has 1 unspecified atom stereocenters. The fourth-order valence-electron chi connectivity index (χ4n) is 0.939. The standard InChI is InChI=1S/C8H18N2/c1-2-8(9)6-10-5-7-3-4-7/h7-8,10H,2-6,9H2,1H3. The first kappa shape index (κ1) is 8.02. The molecule has 1 saturated carbocycles. The Morgan fingerprint density at radius 2 is 2.30 bits per heavy atom. The number of hydrogen-bond donors (Lipinski definition) is 2. The fraction of sp³-hybridized carbons (Fsp3) is 1.00. The highest BCUT2D eigenvalue weighted by Gasteiger charge is 2.20. The van der Waals surface area contributed by atoms with Gasteiger partial charge < -0.3 is 11.1 Å². The molecule has 0 aromatic rings. The van der Waals surface area contributed by atoms with Crippen LogP contribution in [0.2, 0.25) is 0 Å². The molecule has 0 heterocycles. The van der Waals surface area contributed by atoms with Crippen molar-refractivity contribution in [3.8, 4) is 0 Å². The molecule has 2 nitrogen and oxygen atoms in total. The zero-order valence-electron chi connectivity index (χ0n) is 6.77. The SMILES string of the molecule is CCC(N)CNCC1CC1. The van der Waals surface area contributed by atoms with Crippen LogP contribution >= 0.6 is 0 Å². The minimum Gasteiger partial charge on any atom is -0.327 e. The first-order chi connectivity index (χ1) is 4.83. The predicted molar refractivity (Wildman–Crippen MR) is 43.9 cm³/mol. The van der Waals surface area contributed by atoms with Crippen molar-refractivity contribution in [2.45, 2.75) is 32.2 Å². The lowest BCUT2D eigenvalue weighted by atomic mass is 10.2. The van der Waals surface area contributed by atoms with Gasteiger partial charge >= 0.3 is 0 Å². The number of hydrogen-bond acceptors (Lipinski definition) is 2. The summed E-state index contributed by atoms with van der Waals surface area (Å²) in [5.74, 6) is 0.976. The second-order valence-corrected chi connectivity index (χ2v) is 3.27. The molecule has 0 bridgehead atoms. The van der Waals surface area contributed by atoms with Gasteiger partial charge in [-0.1, -0.05) is 6.92 Å². The van der Waals surface area contributed by atoms with Crippen LogP contribution in [0, 0.1) is 5.92 Å². The molecule has 1 aliphatic carbocycles. The normalized spacial score (nSPS) is 21.0. The molecule has 0 aromatic carbocycles. The fourth-order valence-corrected chi connectivity index (χ4v) is 0.939.